The number of hydrogen-bond donors (Lipinski definition) is 1. The smallest absolute Gasteiger partial charge is 0.0459 e. The van der Waals surface area contributed by atoms with Crippen molar-refractivity contribution in [3.8, 4) is 0 Å². The summed E-state index contributed by atoms with van der Waals surface area (Å²) in [6.07, 6.45) is 4.78. The Bertz CT molecular complexity index is 113. The summed E-state index contributed by atoms with van der Waals surface area (Å²) in [7, 11) is 0. The molecule has 0 unspecified atom stereocenters. The lowest BCUT2D eigenvalue weighted by atomic mass is 9.99. The van der Waals surface area contributed by atoms with E-state index in [2.05, 4.69) is 25.7 Å². The third kappa shape index (κ3) is 6.39. The Hall–Kier alpha value is -0.0800. The first-order valence-corrected chi connectivity index (χ1v) is 6.11. The first-order chi connectivity index (χ1) is 6.78. The first-order valence-electron chi connectivity index (χ1n) is 6.11. The van der Waals surface area contributed by atoms with E-state index in [0.29, 0.717) is 12.5 Å². The molecule has 0 aliphatic rings. The van der Waals surface area contributed by atoms with E-state index in [1.807, 2.05) is 0 Å². The molecule has 0 amide bonds. The number of aliphatic hydroxyl groups excluding tert-OH is 1. The van der Waals surface area contributed by atoms with Crippen LogP contribution in [0.5, 0.6) is 0 Å². The van der Waals surface area contributed by atoms with Crippen molar-refractivity contribution < 1.29 is 5.11 Å². The Morgan fingerprint density at radius 3 is 2.14 bits per heavy atom. The summed E-state index contributed by atoms with van der Waals surface area (Å²) in [6.45, 7) is 10.5. The van der Waals surface area contributed by atoms with Gasteiger partial charge in [-0.05, 0) is 44.8 Å². The van der Waals surface area contributed by atoms with Crippen molar-refractivity contribution in [1.29, 1.82) is 0 Å². The second-order valence-corrected chi connectivity index (χ2v) is 4.01. The van der Waals surface area contributed by atoms with E-state index in [1.165, 1.54) is 32.2 Å². The molecule has 0 radical (unpaired) electrons. The van der Waals surface area contributed by atoms with Crippen LogP contribution in [0.25, 0.3) is 0 Å². The van der Waals surface area contributed by atoms with Crippen molar-refractivity contribution in [2.45, 2.75) is 46.5 Å². The van der Waals surface area contributed by atoms with Crippen molar-refractivity contribution >= 4 is 0 Å². The lowest BCUT2D eigenvalue weighted by molar-refractivity contribution is 0.199. The van der Waals surface area contributed by atoms with Crippen LogP contribution in [0.2, 0.25) is 0 Å². The van der Waals surface area contributed by atoms with Gasteiger partial charge in [0.25, 0.3) is 0 Å². The number of rotatable bonds is 9. The van der Waals surface area contributed by atoms with E-state index < -0.39 is 0 Å². The molecule has 0 fully saturated rings. The largest absolute Gasteiger partial charge is 0.396 e. The zero-order valence-corrected chi connectivity index (χ0v) is 10.1. The van der Waals surface area contributed by atoms with Crippen LogP contribution < -0.4 is 0 Å². The van der Waals surface area contributed by atoms with Crippen LogP contribution in [0.1, 0.15) is 46.5 Å². The molecule has 0 aromatic heterocycles. The van der Waals surface area contributed by atoms with Crippen molar-refractivity contribution in [1.82, 2.24) is 4.90 Å². The van der Waals surface area contributed by atoms with Crippen LogP contribution in [-0.2, 0) is 0 Å². The predicted molar refractivity (Wildman–Crippen MR) is 62.5 cm³/mol. The number of aliphatic hydroxyl groups is 1. The predicted octanol–water partition coefficient (Wildman–Crippen LogP) is 2.52. The molecule has 86 valence electrons. The van der Waals surface area contributed by atoms with Gasteiger partial charge in [0.2, 0.25) is 0 Å². The lowest BCUT2D eigenvalue weighted by Crippen LogP contribution is -2.24. The van der Waals surface area contributed by atoms with Crippen LogP contribution in [-0.4, -0.2) is 36.2 Å². The molecule has 1 N–H and O–H groups in total. The summed E-state index contributed by atoms with van der Waals surface area (Å²) in [6, 6.07) is 0. The molecule has 14 heavy (non-hydrogen) atoms. The highest BCUT2D eigenvalue weighted by Crippen LogP contribution is 2.12. The molecule has 0 rings (SSSR count). The van der Waals surface area contributed by atoms with Crippen molar-refractivity contribution in [3.05, 3.63) is 0 Å². The topological polar surface area (TPSA) is 23.5 Å². The van der Waals surface area contributed by atoms with E-state index in [-0.39, 0.29) is 0 Å². The molecule has 0 heterocycles. The SMILES string of the molecule is CCC[C@H](CO)CCCN(CC)CC. The van der Waals surface area contributed by atoms with Gasteiger partial charge in [0.15, 0.2) is 0 Å². The minimum absolute atomic E-state index is 0.367. The maximum Gasteiger partial charge on any atom is 0.0459 e. The maximum atomic E-state index is 9.12. The van der Waals surface area contributed by atoms with Gasteiger partial charge < -0.3 is 10.0 Å². The van der Waals surface area contributed by atoms with E-state index >= 15 is 0 Å². The molecule has 0 saturated heterocycles. The minimum Gasteiger partial charge on any atom is -0.396 e. The van der Waals surface area contributed by atoms with Gasteiger partial charge in [0, 0.05) is 6.61 Å². The molecule has 0 aromatic rings. The van der Waals surface area contributed by atoms with Gasteiger partial charge in [0.05, 0.1) is 0 Å². The summed E-state index contributed by atoms with van der Waals surface area (Å²) in [5.41, 5.74) is 0. The second-order valence-electron chi connectivity index (χ2n) is 4.01. The molecule has 2 nitrogen and oxygen atoms in total. The van der Waals surface area contributed by atoms with Crippen LogP contribution in [0, 0.1) is 5.92 Å². The Kier molecular flexibility index (Phi) is 9.42. The summed E-state index contributed by atoms with van der Waals surface area (Å²) in [5.74, 6) is 0.538. The Labute approximate surface area is 89.3 Å². The molecule has 1 atom stereocenters. The third-order valence-corrected chi connectivity index (χ3v) is 2.94. The quantitative estimate of drug-likeness (QED) is 0.619. The molecule has 2 heteroatoms. The van der Waals surface area contributed by atoms with Gasteiger partial charge in [-0.1, -0.05) is 27.2 Å². The standard InChI is InChI=1S/C12H27NO/c1-4-8-12(11-14)9-7-10-13(5-2)6-3/h12,14H,4-11H2,1-3H3/t12-/m0/s1. The van der Waals surface area contributed by atoms with Crippen LogP contribution >= 0.6 is 0 Å². The maximum absolute atomic E-state index is 9.12. The third-order valence-electron chi connectivity index (χ3n) is 2.94. The minimum atomic E-state index is 0.367. The Morgan fingerprint density at radius 2 is 1.71 bits per heavy atom. The fourth-order valence-corrected chi connectivity index (χ4v) is 1.88. The normalized spacial score (nSPS) is 13.5. The molecule has 0 aliphatic carbocycles. The fraction of sp³-hybridized carbons (Fsp3) is 1.00. The zero-order chi connectivity index (χ0) is 10.8. The highest BCUT2D eigenvalue weighted by molar-refractivity contribution is 4.60. The van der Waals surface area contributed by atoms with Gasteiger partial charge in [0.1, 0.15) is 0 Å². The second kappa shape index (κ2) is 9.47. The monoisotopic (exact) mass is 201 g/mol. The lowest BCUT2D eigenvalue weighted by Gasteiger charge is -2.19. The molecule has 0 aliphatic heterocycles. The molecule has 0 aromatic carbocycles. The average molecular weight is 201 g/mol. The van der Waals surface area contributed by atoms with Crippen LogP contribution in [0.3, 0.4) is 0 Å². The van der Waals surface area contributed by atoms with Gasteiger partial charge >= 0.3 is 0 Å². The molecule has 0 saturated carbocycles. The first kappa shape index (κ1) is 13.9. The van der Waals surface area contributed by atoms with Crippen molar-refractivity contribution in [2.24, 2.45) is 5.92 Å². The van der Waals surface area contributed by atoms with Crippen LogP contribution in [0.15, 0.2) is 0 Å². The average Bonchev–Trinajstić information content (AvgIpc) is 2.23. The fourth-order valence-electron chi connectivity index (χ4n) is 1.88. The van der Waals surface area contributed by atoms with E-state index in [0.717, 1.165) is 13.1 Å². The number of hydrogen-bond acceptors (Lipinski definition) is 2. The van der Waals surface area contributed by atoms with Gasteiger partial charge in [-0.3, -0.25) is 0 Å². The van der Waals surface area contributed by atoms with Crippen LogP contribution in [0.4, 0.5) is 0 Å². The van der Waals surface area contributed by atoms with Crippen molar-refractivity contribution in [3.63, 3.8) is 0 Å². The summed E-state index contributed by atoms with van der Waals surface area (Å²) in [5, 5.41) is 9.12. The van der Waals surface area contributed by atoms with Crippen molar-refractivity contribution in [2.75, 3.05) is 26.2 Å². The molecule has 0 spiro atoms. The van der Waals surface area contributed by atoms with E-state index in [1.54, 1.807) is 0 Å². The zero-order valence-electron chi connectivity index (χ0n) is 10.1. The molecule has 0 bridgehead atoms. The van der Waals surface area contributed by atoms with Gasteiger partial charge in [-0.25, -0.2) is 0 Å². The van der Waals surface area contributed by atoms with E-state index in [4.69, 9.17) is 5.11 Å². The summed E-state index contributed by atoms with van der Waals surface area (Å²) >= 11 is 0. The highest BCUT2D eigenvalue weighted by Gasteiger charge is 2.06. The molecular formula is C12H27NO. The molecular weight excluding hydrogens is 174 g/mol. The summed E-state index contributed by atoms with van der Waals surface area (Å²) < 4.78 is 0. The van der Waals surface area contributed by atoms with Gasteiger partial charge in [-0.15, -0.1) is 0 Å². The highest BCUT2D eigenvalue weighted by atomic mass is 16.3. The summed E-state index contributed by atoms with van der Waals surface area (Å²) in [4.78, 5) is 2.44. The number of nitrogens with zero attached hydrogens (tertiary/aromatic N) is 1. The van der Waals surface area contributed by atoms with Gasteiger partial charge in [-0.2, -0.15) is 0 Å². The Morgan fingerprint density at radius 1 is 1.07 bits per heavy atom. The van der Waals surface area contributed by atoms with E-state index in [9.17, 15) is 0 Å². The Balaban J connectivity index is 3.48.